The summed E-state index contributed by atoms with van der Waals surface area (Å²) in [5.41, 5.74) is -1.13. The summed E-state index contributed by atoms with van der Waals surface area (Å²) in [6, 6.07) is 0. The fraction of sp³-hybridized carbons (Fsp3) is 0.111. The minimum atomic E-state index is -5.12. The second-order valence-electron chi connectivity index (χ2n) is 4.60. The van der Waals surface area contributed by atoms with Crippen molar-refractivity contribution in [3.8, 4) is 0 Å². The Morgan fingerprint density at radius 3 is 1.56 bits per heavy atom. The highest BCUT2D eigenvalue weighted by Gasteiger charge is 2.32. The second kappa shape index (κ2) is 8.96. The van der Waals surface area contributed by atoms with Gasteiger partial charge in [-0.2, -0.15) is 0 Å². The normalized spacial score (nSPS) is 13.3. The van der Waals surface area contributed by atoms with Crippen LogP contribution in [0.2, 0.25) is 0 Å². The monoisotopic (exact) mass is 362 g/mol. The van der Waals surface area contributed by atoms with Gasteiger partial charge in [-0.3, -0.25) is 0 Å². The summed E-state index contributed by atoms with van der Waals surface area (Å²) >= 11 is 0. The molecule has 0 saturated heterocycles. The van der Waals surface area contributed by atoms with E-state index in [1.54, 1.807) is 0 Å². The Morgan fingerprint density at radius 2 is 1.16 bits per heavy atom. The molecule has 25 heavy (non-hydrogen) atoms. The van der Waals surface area contributed by atoms with Gasteiger partial charge in [0.1, 0.15) is 11.7 Å². The quantitative estimate of drug-likeness (QED) is 0.261. The van der Waals surface area contributed by atoms with E-state index in [2.05, 4.69) is 37.6 Å². The van der Waals surface area contributed by atoms with Crippen molar-refractivity contribution >= 4 is 0 Å². The predicted molar refractivity (Wildman–Crippen MR) is 86.1 cm³/mol. The lowest BCUT2D eigenvalue weighted by molar-refractivity contribution is -0.304. The van der Waals surface area contributed by atoms with E-state index in [1.165, 1.54) is 6.92 Å². The van der Waals surface area contributed by atoms with Crippen molar-refractivity contribution in [2.24, 2.45) is 0 Å². The zero-order chi connectivity index (χ0) is 19.9. The van der Waals surface area contributed by atoms with Crippen molar-refractivity contribution < 1.29 is 31.1 Å². The van der Waals surface area contributed by atoms with Crippen LogP contribution < -0.4 is 0 Å². The van der Waals surface area contributed by atoms with Gasteiger partial charge in [0.15, 0.2) is 11.6 Å². The van der Waals surface area contributed by atoms with E-state index in [-0.39, 0.29) is 16.7 Å². The van der Waals surface area contributed by atoms with E-state index >= 15 is 0 Å². The lowest BCUT2D eigenvalue weighted by Crippen LogP contribution is -2.12. The van der Waals surface area contributed by atoms with E-state index in [9.17, 15) is 26.3 Å². The molecule has 0 bridgehead atoms. The van der Waals surface area contributed by atoms with E-state index in [0.29, 0.717) is 6.08 Å². The first-order valence-corrected chi connectivity index (χ1v) is 6.58. The molecule has 0 radical (unpaired) electrons. The molecule has 0 fully saturated rings. The SMILES string of the molecule is C=C(/C=C(/F)C(=C)C(=C)/C=C(/F)C(=C)OC(F)(F)F)C(=C)/C(F)=C\C. The Balaban J connectivity index is 5.22. The van der Waals surface area contributed by atoms with Crippen molar-refractivity contribution in [2.75, 3.05) is 0 Å². The van der Waals surface area contributed by atoms with Gasteiger partial charge >= 0.3 is 6.36 Å². The second-order valence-corrected chi connectivity index (χ2v) is 4.60. The summed E-state index contributed by atoms with van der Waals surface area (Å²) in [5, 5.41) is 0. The number of rotatable bonds is 8. The third-order valence-corrected chi connectivity index (χ3v) is 2.71. The molecule has 136 valence electrons. The van der Waals surface area contributed by atoms with Gasteiger partial charge in [0.25, 0.3) is 0 Å². The first-order chi connectivity index (χ1) is 11.3. The maximum atomic E-state index is 14.0. The molecule has 0 rings (SSSR count). The molecule has 0 aromatic heterocycles. The summed E-state index contributed by atoms with van der Waals surface area (Å²) < 4.78 is 80.1. The smallest absolute Gasteiger partial charge is 0.403 e. The third kappa shape index (κ3) is 7.60. The largest absolute Gasteiger partial charge is 0.573 e. The molecule has 0 saturated carbocycles. The van der Waals surface area contributed by atoms with Crippen molar-refractivity contribution in [3.05, 3.63) is 96.7 Å². The summed E-state index contributed by atoms with van der Waals surface area (Å²) in [6.07, 6.45) is -2.78. The van der Waals surface area contributed by atoms with E-state index in [1.807, 2.05) is 0 Å². The van der Waals surface area contributed by atoms with Crippen LogP contribution in [0.5, 0.6) is 0 Å². The minimum absolute atomic E-state index is 0.115. The minimum Gasteiger partial charge on any atom is -0.403 e. The van der Waals surface area contributed by atoms with Crippen molar-refractivity contribution in [3.63, 3.8) is 0 Å². The van der Waals surface area contributed by atoms with Crippen LogP contribution in [0.1, 0.15) is 6.92 Å². The highest BCUT2D eigenvalue weighted by Crippen LogP contribution is 2.28. The molecule has 0 unspecified atom stereocenters. The zero-order valence-electron chi connectivity index (χ0n) is 13.4. The summed E-state index contributed by atoms with van der Waals surface area (Å²) in [6.45, 7) is 17.5. The predicted octanol–water partition coefficient (Wildman–Crippen LogP) is 6.84. The Hall–Kier alpha value is -2.70. The average Bonchev–Trinajstić information content (AvgIpc) is 2.50. The zero-order valence-corrected chi connectivity index (χ0v) is 13.4. The standard InChI is InChI=1S/C18H16F6O/c1-7-15(19)12(4)10(2)8-16(20)13(5)11(3)9-17(21)14(6)25-18(22,23)24/h7-9H,2-6H2,1H3/b15-7+,16-8+,17-9+. The summed E-state index contributed by atoms with van der Waals surface area (Å²) in [4.78, 5) is 0. The Morgan fingerprint density at radius 1 is 0.760 bits per heavy atom. The molecular formula is C18H16F6O. The maximum Gasteiger partial charge on any atom is 0.573 e. The third-order valence-electron chi connectivity index (χ3n) is 2.71. The van der Waals surface area contributed by atoms with Crippen LogP contribution in [0.25, 0.3) is 0 Å². The number of ether oxygens (including phenoxy) is 1. The molecule has 0 N–H and O–H groups in total. The van der Waals surface area contributed by atoms with Crippen LogP contribution in [0, 0.1) is 0 Å². The van der Waals surface area contributed by atoms with Gasteiger partial charge in [-0.1, -0.05) is 39.0 Å². The molecule has 0 aliphatic rings. The molecule has 0 heterocycles. The van der Waals surface area contributed by atoms with Gasteiger partial charge in [0.2, 0.25) is 0 Å². The van der Waals surface area contributed by atoms with Gasteiger partial charge in [-0.25, -0.2) is 13.2 Å². The van der Waals surface area contributed by atoms with Gasteiger partial charge < -0.3 is 4.74 Å². The van der Waals surface area contributed by atoms with E-state index in [4.69, 9.17) is 0 Å². The topological polar surface area (TPSA) is 9.23 Å². The molecule has 1 nitrogen and oxygen atoms in total. The Bertz CT molecular complexity index is 702. The number of hydrogen-bond donors (Lipinski definition) is 0. The van der Waals surface area contributed by atoms with E-state index in [0.717, 1.165) is 12.2 Å². The fourth-order valence-electron chi connectivity index (χ4n) is 1.32. The van der Waals surface area contributed by atoms with Crippen LogP contribution in [0.3, 0.4) is 0 Å². The van der Waals surface area contributed by atoms with Gasteiger partial charge in [-0.15, -0.1) is 13.2 Å². The van der Waals surface area contributed by atoms with Crippen LogP contribution in [-0.4, -0.2) is 6.36 Å². The number of alkyl halides is 3. The molecule has 0 aliphatic carbocycles. The fourth-order valence-corrected chi connectivity index (χ4v) is 1.32. The molecule has 0 atom stereocenters. The number of allylic oxidation sites excluding steroid dienone is 10. The van der Waals surface area contributed by atoms with Crippen molar-refractivity contribution in [1.82, 2.24) is 0 Å². The van der Waals surface area contributed by atoms with Gasteiger partial charge in [0.05, 0.1) is 0 Å². The average molecular weight is 362 g/mol. The maximum absolute atomic E-state index is 14.0. The van der Waals surface area contributed by atoms with Gasteiger partial charge in [-0.05, 0) is 30.2 Å². The van der Waals surface area contributed by atoms with Crippen LogP contribution in [0.15, 0.2) is 96.7 Å². The first kappa shape index (κ1) is 22.3. The Labute approximate surface area is 142 Å². The summed E-state index contributed by atoms with van der Waals surface area (Å²) in [7, 11) is 0. The highest BCUT2D eigenvalue weighted by molar-refractivity contribution is 5.53. The molecule has 0 aromatic carbocycles. The molecule has 0 amide bonds. The van der Waals surface area contributed by atoms with Crippen LogP contribution >= 0.6 is 0 Å². The van der Waals surface area contributed by atoms with Crippen LogP contribution in [-0.2, 0) is 4.74 Å². The first-order valence-electron chi connectivity index (χ1n) is 6.58. The van der Waals surface area contributed by atoms with Gasteiger partial charge in [0, 0.05) is 11.1 Å². The van der Waals surface area contributed by atoms with E-state index < -0.39 is 35.2 Å². The number of halogens is 6. The molecule has 0 aliphatic heterocycles. The van der Waals surface area contributed by atoms with Crippen molar-refractivity contribution in [1.29, 1.82) is 0 Å². The molecular weight excluding hydrogens is 346 g/mol. The highest BCUT2D eigenvalue weighted by atomic mass is 19.4. The van der Waals surface area contributed by atoms with Crippen molar-refractivity contribution in [2.45, 2.75) is 13.3 Å². The van der Waals surface area contributed by atoms with Crippen LogP contribution in [0.4, 0.5) is 26.3 Å². The Kier molecular flexibility index (Phi) is 7.99. The lowest BCUT2D eigenvalue weighted by atomic mass is 10.0. The molecule has 7 heteroatoms. The summed E-state index contributed by atoms with van der Waals surface area (Å²) in [5.74, 6) is -4.60. The molecule has 0 aromatic rings. The lowest BCUT2D eigenvalue weighted by Gasteiger charge is -2.10. The molecule has 0 spiro atoms. The number of hydrogen-bond acceptors (Lipinski definition) is 1.